The molecular weight excluding hydrogens is 226 g/mol. The third kappa shape index (κ3) is 2.51. The standard InChI is InChI=1S/C12H10F2N2O/c13-10-2-1-3-11(14)12(10)17-9-6-4-8(16-15)5-7-9/h1-7,16H,15H2. The third-order valence-corrected chi connectivity index (χ3v) is 2.16. The smallest absolute Gasteiger partial charge is 0.198 e. The molecule has 0 unspecified atom stereocenters. The zero-order valence-corrected chi connectivity index (χ0v) is 8.78. The molecule has 0 aliphatic carbocycles. The molecule has 0 bridgehead atoms. The van der Waals surface area contributed by atoms with Crippen LogP contribution in [0.25, 0.3) is 0 Å². The van der Waals surface area contributed by atoms with Gasteiger partial charge in [-0.1, -0.05) is 6.07 Å². The first-order valence-corrected chi connectivity index (χ1v) is 4.89. The molecular formula is C12H10F2N2O. The molecule has 0 saturated heterocycles. The molecule has 0 atom stereocenters. The Hall–Kier alpha value is -2.14. The minimum absolute atomic E-state index is 0.327. The Bertz CT molecular complexity index is 494. The first-order valence-electron chi connectivity index (χ1n) is 4.89. The number of anilines is 1. The number of para-hydroxylation sites is 1. The zero-order chi connectivity index (χ0) is 12.3. The van der Waals surface area contributed by atoms with E-state index in [4.69, 9.17) is 10.6 Å². The number of nitrogen functional groups attached to an aromatic ring is 1. The lowest BCUT2D eigenvalue weighted by atomic mass is 10.3. The van der Waals surface area contributed by atoms with Gasteiger partial charge in [-0.3, -0.25) is 5.84 Å². The normalized spacial score (nSPS) is 10.1. The molecule has 0 heterocycles. The molecule has 2 aromatic carbocycles. The molecule has 3 N–H and O–H groups in total. The summed E-state index contributed by atoms with van der Waals surface area (Å²) in [6, 6.07) is 9.92. The average Bonchev–Trinajstić information content (AvgIpc) is 2.35. The molecule has 17 heavy (non-hydrogen) atoms. The SMILES string of the molecule is NNc1ccc(Oc2c(F)cccc2F)cc1. The van der Waals surface area contributed by atoms with Gasteiger partial charge in [-0.15, -0.1) is 0 Å². The van der Waals surface area contributed by atoms with Crippen LogP contribution in [0.15, 0.2) is 42.5 Å². The van der Waals surface area contributed by atoms with E-state index in [-0.39, 0.29) is 0 Å². The predicted octanol–water partition coefficient (Wildman–Crippen LogP) is 3.04. The highest BCUT2D eigenvalue weighted by atomic mass is 19.1. The van der Waals surface area contributed by atoms with Crippen LogP contribution in [-0.4, -0.2) is 0 Å². The van der Waals surface area contributed by atoms with E-state index in [0.717, 1.165) is 12.1 Å². The molecule has 0 aliphatic heterocycles. The van der Waals surface area contributed by atoms with Crippen molar-refractivity contribution in [1.82, 2.24) is 0 Å². The lowest BCUT2D eigenvalue weighted by Gasteiger charge is -2.08. The maximum Gasteiger partial charge on any atom is 0.198 e. The number of hydrazine groups is 1. The van der Waals surface area contributed by atoms with Gasteiger partial charge in [0.1, 0.15) is 5.75 Å². The summed E-state index contributed by atoms with van der Waals surface area (Å²) in [6.07, 6.45) is 0. The quantitative estimate of drug-likeness (QED) is 0.636. The largest absolute Gasteiger partial charge is 0.451 e. The van der Waals surface area contributed by atoms with Crippen LogP contribution in [0.1, 0.15) is 0 Å². The highest BCUT2D eigenvalue weighted by Gasteiger charge is 2.10. The maximum atomic E-state index is 13.3. The predicted molar refractivity (Wildman–Crippen MR) is 60.7 cm³/mol. The lowest BCUT2D eigenvalue weighted by Crippen LogP contribution is -2.06. The fourth-order valence-corrected chi connectivity index (χ4v) is 1.32. The second-order valence-corrected chi connectivity index (χ2v) is 3.32. The number of halogens is 2. The number of hydrogen-bond acceptors (Lipinski definition) is 3. The molecule has 0 aliphatic rings. The first kappa shape index (κ1) is 11.3. The van der Waals surface area contributed by atoms with Crippen molar-refractivity contribution < 1.29 is 13.5 Å². The fraction of sp³-hybridized carbons (Fsp3) is 0. The molecule has 0 aromatic heterocycles. The van der Waals surface area contributed by atoms with Gasteiger partial charge in [-0.05, 0) is 36.4 Å². The number of nitrogens with one attached hydrogen (secondary N) is 1. The van der Waals surface area contributed by atoms with Gasteiger partial charge in [0.05, 0.1) is 0 Å². The Balaban J connectivity index is 2.25. The van der Waals surface area contributed by atoms with Gasteiger partial charge in [-0.2, -0.15) is 0 Å². The molecule has 0 radical (unpaired) electrons. The van der Waals surface area contributed by atoms with Gasteiger partial charge in [0.15, 0.2) is 17.4 Å². The Morgan fingerprint density at radius 1 is 0.941 bits per heavy atom. The summed E-state index contributed by atoms with van der Waals surface area (Å²) in [5.41, 5.74) is 3.11. The number of hydrogen-bond donors (Lipinski definition) is 2. The van der Waals surface area contributed by atoms with Crippen LogP contribution in [0.3, 0.4) is 0 Å². The molecule has 3 nitrogen and oxygen atoms in total. The second kappa shape index (κ2) is 4.80. The summed E-state index contributed by atoms with van der Waals surface area (Å²) in [5, 5.41) is 0. The maximum absolute atomic E-state index is 13.3. The van der Waals surface area contributed by atoms with Gasteiger partial charge in [0.2, 0.25) is 0 Å². The Labute approximate surface area is 96.8 Å². The summed E-state index contributed by atoms with van der Waals surface area (Å²) >= 11 is 0. The van der Waals surface area contributed by atoms with E-state index in [0.29, 0.717) is 11.4 Å². The Morgan fingerprint density at radius 2 is 1.53 bits per heavy atom. The van der Waals surface area contributed by atoms with Crippen LogP contribution in [0.4, 0.5) is 14.5 Å². The third-order valence-electron chi connectivity index (χ3n) is 2.16. The highest BCUT2D eigenvalue weighted by Crippen LogP contribution is 2.27. The minimum atomic E-state index is -0.744. The van der Waals surface area contributed by atoms with E-state index in [1.807, 2.05) is 0 Å². The van der Waals surface area contributed by atoms with Crippen molar-refractivity contribution in [1.29, 1.82) is 0 Å². The van der Waals surface area contributed by atoms with E-state index in [1.165, 1.54) is 6.07 Å². The number of rotatable bonds is 3. The van der Waals surface area contributed by atoms with E-state index < -0.39 is 17.4 Å². The molecule has 5 heteroatoms. The van der Waals surface area contributed by atoms with Crippen molar-refractivity contribution in [3.63, 3.8) is 0 Å². The first-order chi connectivity index (χ1) is 8.20. The Morgan fingerprint density at radius 3 is 2.06 bits per heavy atom. The minimum Gasteiger partial charge on any atom is -0.451 e. The van der Waals surface area contributed by atoms with Crippen molar-refractivity contribution in [2.75, 3.05) is 5.43 Å². The number of benzene rings is 2. The van der Waals surface area contributed by atoms with Gasteiger partial charge < -0.3 is 10.2 Å². The Kier molecular flexibility index (Phi) is 3.20. The van der Waals surface area contributed by atoms with Crippen LogP contribution in [0.2, 0.25) is 0 Å². The van der Waals surface area contributed by atoms with E-state index >= 15 is 0 Å². The van der Waals surface area contributed by atoms with Gasteiger partial charge in [0, 0.05) is 5.69 Å². The van der Waals surface area contributed by atoms with Crippen LogP contribution in [-0.2, 0) is 0 Å². The second-order valence-electron chi connectivity index (χ2n) is 3.32. The van der Waals surface area contributed by atoms with Crippen LogP contribution in [0.5, 0.6) is 11.5 Å². The van der Waals surface area contributed by atoms with Crippen LogP contribution < -0.4 is 16.0 Å². The lowest BCUT2D eigenvalue weighted by molar-refractivity contribution is 0.407. The molecule has 0 amide bonds. The van der Waals surface area contributed by atoms with Crippen molar-refractivity contribution in [3.05, 3.63) is 54.1 Å². The van der Waals surface area contributed by atoms with E-state index in [2.05, 4.69) is 5.43 Å². The van der Waals surface area contributed by atoms with Crippen molar-refractivity contribution in [2.45, 2.75) is 0 Å². The molecule has 88 valence electrons. The van der Waals surface area contributed by atoms with E-state index in [9.17, 15) is 8.78 Å². The molecule has 0 spiro atoms. The van der Waals surface area contributed by atoms with Gasteiger partial charge in [0.25, 0.3) is 0 Å². The number of nitrogens with two attached hydrogens (primary N) is 1. The summed E-state index contributed by atoms with van der Waals surface area (Å²) in [4.78, 5) is 0. The fourth-order valence-electron chi connectivity index (χ4n) is 1.32. The average molecular weight is 236 g/mol. The summed E-state index contributed by atoms with van der Waals surface area (Å²) in [6.45, 7) is 0. The van der Waals surface area contributed by atoms with Crippen LogP contribution >= 0.6 is 0 Å². The van der Waals surface area contributed by atoms with Crippen molar-refractivity contribution in [3.8, 4) is 11.5 Å². The van der Waals surface area contributed by atoms with Gasteiger partial charge in [-0.25, -0.2) is 8.78 Å². The van der Waals surface area contributed by atoms with Gasteiger partial charge >= 0.3 is 0 Å². The summed E-state index contributed by atoms with van der Waals surface area (Å²) < 4.78 is 31.7. The highest BCUT2D eigenvalue weighted by molar-refractivity contribution is 5.46. The molecule has 2 aromatic rings. The molecule has 0 saturated carbocycles. The molecule has 0 fully saturated rings. The van der Waals surface area contributed by atoms with Crippen molar-refractivity contribution in [2.24, 2.45) is 5.84 Å². The zero-order valence-electron chi connectivity index (χ0n) is 8.78. The summed E-state index contributed by atoms with van der Waals surface area (Å²) in [7, 11) is 0. The summed E-state index contributed by atoms with van der Waals surface area (Å²) in [5.74, 6) is 3.61. The van der Waals surface area contributed by atoms with Crippen LogP contribution in [0, 0.1) is 11.6 Å². The monoisotopic (exact) mass is 236 g/mol. The topological polar surface area (TPSA) is 47.3 Å². The number of ether oxygens (including phenoxy) is 1. The van der Waals surface area contributed by atoms with Crippen molar-refractivity contribution >= 4 is 5.69 Å². The molecule has 2 rings (SSSR count). The van der Waals surface area contributed by atoms with E-state index in [1.54, 1.807) is 24.3 Å².